The molecule has 0 spiro atoms. The Labute approximate surface area is 127 Å². The molecule has 0 saturated carbocycles. The van der Waals surface area contributed by atoms with Gasteiger partial charge in [0.2, 0.25) is 0 Å². The molecule has 0 aromatic heterocycles. The van der Waals surface area contributed by atoms with Crippen molar-refractivity contribution in [2.45, 2.75) is 32.8 Å². The lowest BCUT2D eigenvalue weighted by Crippen LogP contribution is -2.10. The third kappa shape index (κ3) is 3.83. The van der Waals surface area contributed by atoms with Crippen LogP contribution in [-0.2, 0) is 12.0 Å². The van der Waals surface area contributed by atoms with Gasteiger partial charge in [-0.15, -0.1) is 0 Å². The minimum Gasteiger partial charge on any atom is -0.486 e. The Morgan fingerprint density at radius 2 is 1.70 bits per heavy atom. The summed E-state index contributed by atoms with van der Waals surface area (Å²) < 4.78 is 19.9. The fourth-order valence-electron chi connectivity index (χ4n) is 1.85. The van der Waals surface area contributed by atoms with Gasteiger partial charge in [0.05, 0.1) is 0 Å². The molecular formula is C17H18BrFO. The summed E-state index contributed by atoms with van der Waals surface area (Å²) in [6.07, 6.45) is 0. The molecule has 1 nitrogen and oxygen atoms in total. The van der Waals surface area contributed by atoms with Crippen LogP contribution in [0.5, 0.6) is 5.75 Å². The van der Waals surface area contributed by atoms with Gasteiger partial charge in [-0.2, -0.15) is 0 Å². The van der Waals surface area contributed by atoms with Gasteiger partial charge in [0, 0.05) is 4.47 Å². The first-order valence-corrected chi connectivity index (χ1v) is 7.33. The Morgan fingerprint density at radius 1 is 1.05 bits per heavy atom. The molecule has 0 radical (unpaired) electrons. The highest BCUT2D eigenvalue weighted by molar-refractivity contribution is 9.10. The van der Waals surface area contributed by atoms with Crippen LogP contribution in [-0.4, -0.2) is 0 Å². The Morgan fingerprint density at radius 3 is 2.30 bits per heavy atom. The molecule has 0 aliphatic heterocycles. The van der Waals surface area contributed by atoms with Crippen molar-refractivity contribution in [2.24, 2.45) is 0 Å². The van der Waals surface area contributed by atoms with Crippen LogP contribution in [0.4, 0.5) is 4.39 Å². The molecule has 3 heteroatoms. The molecule has 2 rings (SSSR count). The van der Waals surface area contributed by atoms with E-state index in [0.29, 0.717) is 6.61 Å². The van der Waals surface area contributed by atoms with Gasteiger partial charge in [0.25, 0.3) is 0 Å². The molecule has 0 bridgehead atoms. The molecule has 0 amide bonds. The number of hydrogen-bond donors (Lipinski definition) is 0. The molecular weight excluding hydrogens is 319 g/mol. The van der Waals surface area contributed by atoms with Gasteiger partial charge in [0.1, 0.15) is 6.61 Å². The van der Waals surface area contributed by atoms with Crippen LogP contribution in [0.2, 0.25) is 0 Å². The van der Waals surface area contributed by atoms with Crippen molar-refractivity contribution in [3.05, 3.63) is 63.9 Å². The van der Waals surface area contributed by atoms with E-state index in [2.05, 4.69) is 48.8 Å². The summed E-state index contributed by atoms with van der Waals surface area (Å²) in [7, 11) is 0. The van der Waals surface area contributed by atoms with E-state index in [9.17, 15) is 4.39 Å². The van der Waals surface area contributed by atoms with E-state index in [0.717, 1.165) is 10.0 Å². The second kappa shape index (κ2) is 5.96. The maximum atomic E-state index is 13.5. The van der Waals surface area contributed by atoms with Crippen molar-refractivity contribution in [3.8, 4) is 5.75 Å². The van der Waals surface area contributed by atoms with Gasteiger partial charge in [-0.1, -0.05) is 61.0 Å². The maximum Gasteiger partial charge on any atom is 0.165 e. The van der Waals surface area contributed by atoms with E-state index in [1.807, 2.05) is 12.1 Å². The van der Waals surface area contributed by atoms with Crippen molar-refractivity contribution < 1.29 is 9.13 Å². The van der Waals surface area contributed by atoms with Crippen molar-refractivity contribution in [2.75, 3.05) is 0 Å². The molecule has 0 aliphatic rings. The zero-order chi connectivity index (χ0) is 14.8. The number of benzene rings is 2. The van der Waals surface area contributed by atoms with E-state index in [1.165, 1.54) is 11.6 Å². The summed E-state index contributed by atoms with van der Waals surface area (Å²) in [5, 5.41) is 0. The standard InChI is InChI=1S/C17H18BrFO/c1-17(2,3)13-6-4-12(5-7-13)11-20-16-10-14(18)8-9-15(16)19/h4-10H,11H2,1-3H3. The Balaban J connectivity index is 2.06. The molecule has 2 aromatic carbocycles. The first-order valence-electron chi connectivity index (χ1n) is 6.53. The highest BCUT2D eigenvalue weighted by atomic mass is 79.9. The lowest BCUT2D eigenvalue weighted by Gasteiger charge is -2.19. The molecule has 0 unspecified atom stereocenters. The molecule has 0 N–H and O–H groups in total. The van der Waals surface area contributed by atoms with E-state index >= 15 is 0 Å². The average Bonchev–Trinajstić information content (AvgIpc) is 2.39. The normalized spacial score (nSPS) is 11.4. The summed E-state index contributed by atoms with van der Waals surface area (Å²) in [5.74, 6) is -0.0845. The van der Waals surface area contributed by atoms with Crippen LogP contribution in [0.15, 0.2) is 46.9 Å². The third-order valence-corrected chi connectivity index (χ3v) is 3.60. The van der Waals surface area contributed by atoms with Gasteiger partial charge in [-0.25, -0.2) is 4.39 Å². The smallest absolute Gasteiger partial charge is 0.165 e. The minimum absolute atomic E-state index is 0.135. The van der Waals surface area contributed by atoms with Gasteiger partial charge < -0.3 is 4.74 Å². The molecule has 0 atom stereocenters. The summed E-state index contributed by atoms with van der Waals surface area (Å²) in [4.78, 5) is 0. The Kier molecular flexibility index (Phi) is 4.48. The molecule has 106 valence electrons. The van der Waals surface area contributed by atoms with Gasteiger partial charge in [0.15, 0.2) is 11.6 Å². The zero-order valence-corrected chi connectivity index (χ0v) is 13.5. The fourth-order valence-corrected chi connectivity index (χ4v) is 2.19. The summed E-state index contributed by atoms with van der Waals surface area (Å²) >= 11 is 3.31. The predicted octanol–water partition coefficient (Wildman–Crippen LogP) is 5.46. The van der Waals surface area contributed by atoms with Crippen LogP contribution in [0.25, 0.3) is 0 Å². The quantitative estimate of drug-likeness (QED) is 0.722. The monoisotopic (exact) mass is 336 g/mol. The summed E-state index contributed by atoms with van der Waals surface area (Å²) in [5.41, 5.74) is 2.43. The molecule has 2 aromatic rings. The first-order chi connectivity index (χ1) is 9.36. The topological polar surface area (TPSA) is 9.23 Å². The SMILES string of the molecule is CC(C)(C)c1ccc(COc2cc(Br)ccc2F)cc1. The number of rotatable bonds is 3. The average molecular weight is 337 g/mol. The van der Waals surface area contributed by atoms with Crippen molar-refractivity contribution in [1.82, 2.24) is 0 Å². The lowest BCUT2D eigenvalue weighted by atomic mass is 9.87. The zero-order valence-electron chi connectivity index (χ0n) is 11.9. The fraction of sp³-hybridized carbons (Fsp3) is 0.294. The molecule has 20 heavy (non-hydrogen) atoms. The van der Waals surface area contributed by atoms with Crippen molar-refractivity contribution in [1.29, 1.82) is 0 Å². The highest BCUT2D eigenvalue weighted by Gasteiger charge is 2.13. The maximum absolute atomic E-state index is 13.5. The first kappa shape index (κ1) is 15.0. The lowest BCUT2D eigenvalue weighted by molar-refractivity contribution is 0.290. The van der Waals surface area contributed by atoms with Crippen LogP contribution >= 0.6 is 15.9 Å². The predicted molar refractivity (Wildman–Crippen MR) is 83.6 cm³/mol. The van der Waals surface area contributed by atoms with Crippen molar-refractivity contribution in [3.63, 3.8) is 0 Å². The number of halogens is 2. The van der Waals surface area contributed by atoms with Crippen LogP contribution < -0.4 is 4.74 Å². The molecule has 0 aliphatic carbocycles. The van der Waals surface area contributed by atoms with Crippen LogP contribution in [0.1, 0.15) is 31.9 Å². The molecule has 0 fully saturated rings. The Bertz CT molecular complexity index is 585. The minimum atomic E-state index is -0.348. The van der Waals surface area contributed by atoms with Crippen LogP contribution in [0.3, 0.4) is 0 Å². The van der Waals surface area contributed by atoms with Gasteiger partial charge >= 0.3 is 0 Å². The van der Waals surface area contributed by atoms with Crippen molar-refractivity contribution >= 4 is 15.9 Å². The second-order valence-electron chi connectivity index (χ2n) is 5.81. The third-order valence-electron chi connectivity index (χ3n) is 3.11. The van der Waals surface area contributed by atoms with Crippen LogP contribution in [0, 0.1) is 5.82 Å². The van der Waals surface area contributed by atoms with E-state index in [4.69, 9.17) is 4.74 Å². The second-order valence-corrected chi connectivity index (χ2v) is 6.73. The van der Waals surface area contributed by atoms with Gasteiger partial charge in [-0.05, 0) is 34.7 Å². The Hall–Kier alpha value is -1.35. The summed E-state index contributed by atoms with van der Waals surface area (Å²) in [6, 6.07) is 12.9. The van der Waals surface area contributed by atoms with E-state index in [1.54, 1.807) is 12.1 Å². The number of hydrogen-bond acceptors (Lipinski definition) is 1. The van der Waals surface area contributed by atoms with E-state index < -0.39 is 0 Å². The largest absolute Gasteiger partial charge is 0.486 e. The molecule has 0 heterocycles. The van der Waals surface area contributed by atoms with E-state index in [-0.39, 0.29) is 17.0 Å². The summed E-state index contributed by atoms with van der Waals surface area (Å²) in [6.45, 7) is 6.89. The number of ether oxygens (including phenoxy) is 1. The molecule has 0 saturated heterocycles. The van der Waals surface area contributed by atoms with Gasteiger partial charge in [-0.3, -0.25) is 0 Å². The highest BCUT2D eigenvalue weighted by Crippen LogP contribution is 2.25.